The van der Waals surface area contributed by atoms with Crippen LogP contribution in [0, 0.1) is 0 Å². The second-order valence-electron chi connectivity index (χ2n) is 6.68. The quantitative estimate of drug-likeness (QED) is 0.913. The molecule has 6 heteroatoms. The van der Waals surface area contributed by atoms with Gasteiger partial charge in [0.1, 0.15) is 5.75 Å². The highest BCUT2D eigenvalue weighted by atomic mass is 16.5. The third kappa shape index (κ3) is 4.44. The number of rotatable bonds is 4. The van der Waals surface area contributed by atoms with E-state index in [1.54, 1.807) is 4.90 Å². The summed E-state index contributed by atoms with van der Waals surface area (Å²) in [5.41, 5.74) is 0.847. The fraction of sp³-hybridized carbons (Fsp3) is 0.579. The molecule has 1 N–H and O–H groups in total. The van der Waals surface area contributed by atoms with Crippen molar-refractivity contribution in [1.82, 2.24) is 10.2 Å². The number of benzene rings is 1. The molecule has 0 aliphatic carbocycles. The molecule has 1 atom stereocenters. The first kappa shape index (κ1) is 17.6. The molecule has 136 valence electrons. The van der Waals surface area contributed by atoms with Crippen LogP contribution in [0.4, 0.5) is 10.5 Å². The Hall–Kier alpha value is -2.24. The topological polar surface area (TPSA) is 61.9 Å². The Morgan fingerprint density at radius 1 is 1.16 bits per heavy atom. The molecule has 1 aromatic rings. The molecule has 0 bridgehead atoms. The highest BCUT2D eigenvalue weighted by Crippen LogP contribution is 2.24. The number of ether oxygens (including phenoxy) is 1. The van der Waals surface area contributed by atoms with Crippen molar-refractivity contribution in [2.75, 3.05) is 31.1 Å². The number of hydrogen-bond donors (Lipinski definition) is 1. The average molecular weight is 345 g/mol. The Balaban J connectivity index is 1.57. The molecular weight excluding hydrogens is 318 g/mol. The number of anilines is 1. The fourth-order valence-electron chi connectivity index (χ4n) is 3.48. The van der Waals surface area contributed by atoms with Crippen molar-refractivity contribution in [3.8, 4) is 5.75 Å². The van der Waals surface area contributed by atoms with Crippen molar-refractivity contribution < 1.29 is 14.3 Å². The predicted molar refractivity (Wildman–Crippen MR) is 96.9 cm³/mol. The molecule has 2 aliphatic heterocycles. The highest BCUT2D eigenvalue weighted by Gasteiger charge is 2.32. The second-order valence-corrected chi connectivity index (χ2v) is 6.68. The van der Waals surface area contributed by atoms with Gasteiger partial charge in [-0.1, -0.05) is 12.8 Å². The lowest BCUT2D eigenvalue weighted by Gasteiger charge is -2.23. The van der Waals surface area contributed by atoms with Gasteiger partial charge in [-0.2, -0.15) is 0 Å². The average Bonchev–Trinajstić information content (AvgIpc) is 2.82. The molecule has 1 aromatic carbocycles. The van der Waals surface area contributed by atoms with Crippen molar-refractivity contribution in [2.45, 2.75) is 45.1 Å². The van der Waals surface area contributed by atoms with Crippen molar-refractivity contribution >= 4 is 17.6 Å². The van der Waals surface area contributed by atoms with E-state index in [2.05, 4.69) is 5.32 Å². The van der Waals surface area contributed by atoms with E-state index in [0.717, 1.165) is 37.4 Å². The van der Waals surface area contributed by atoms with Crippen LogP contribution in [0.1, 0.15) is 39.0 Å². The van der Waals surface area contributed by atoms with Crippen molar-refractivity contribution in [2.24, 2.45) is 0 Å². The summed E-state index contributed by atoms with van der Waals surface area (Å²) >= 11 is 0. The first-order valence-corrected chi connectivity index (χ1v) is 9.26. The van der Waals surface area contributed by atoms with Gasteiger partial charge in [0.05, 0.1) is 12.6 Å². The first-order valence-electron chi connectivity index (χ1n) is 9.26. The van der Waals surface area contributed by atoms with E-state index in [-0.39, 0.29) is 18.0 Å². The van der Waals surface area contributed by atoms with Crippen LogP contribution in [0.25, 0.3) is 0 Å². The summed E-state index contributed by atoms with van der Waals surface area (Å²) in [6.45, 7) is 4.71. The minimum absolute atomic E-state index is 0.0340. The standard InChI is InChI=1S/C19H27N3O3/c1-2-25-17-9-7-16(8-10-17)22-14-15(13-18(22)23)20-19(24)21-11-5-3-4-6-12-21/h7-10,15H,2-6,11-14H2,1H3,(H,20,24). The monoisotopic (exact) mass is 345 g/mol. The number of hydrogen-bond acceptors (Lipinski definition) is 3. The summed E-state index contributed by atoms with van der Waals surface area (Å²) in [5.74, 6) is 0.842. The molecule has 2 fully saturated rings. The third-order valence-electron chi connectivity index (χ3n) is 4.81. The third-order valence-corrected chi connectivity index (χ3v) is 4.81. The van der Waals surface area contributed by atoms with E-state index in [0.29, 0.717) is 19.6 Å². The second kappa shape index (κ2) is 8.23. The molecule has 0 spiro atoms. The molecule has 3 rings (SSSR count). The largest absolute Gasteiger partial charge is 0.494 e. The predicted octanol–water partition coefficient (Wildman–Crippen LogP) is 2.78. The van der Waals surface area contributed by atoms with Gasteiger partial charge in [0.25, 0.3) is 0 Å². The summed E-state index contributed by atoms with van der Waals surface area (Å²) in [7, 11) is 0. The van der Waals surface area contributed by atoms with Crippen LogP contribution in [0.3, 0.4) is 0 Å². The summed E-state index contributed by atoms with van der Waals surface area (Å²) in [6.07, 6.45) is 4.87. The first-order chi connectivity index (χ1) is 12.2. The Morgan fingerprint density at radius 3 is 2.48 bits per heavy atom. The van der Waals surface area contributed by atoms with Gasteiger partial charge in [-0.05, 0) is 44.0 Å². The van der Waals surface area contributed by atoms with Gasteiger partial charge in [-0.3, -0.25) is 4.79 Å². The molecule has 2 saturated heterocycles. The van der Waals surface area contributed by atoms with E-state index in [1.165, 1.54) is 12.8 Å². The molecule has 0 radical (unpaired) electrons. The molecule has 2 aliphatic rings. The molecule has 0 saturated carbocycles. The van der Waals surface area contributed by atoms with E-state index >= 15 is 0 Å². The van der Waals surface area contributed by atoms with E-state index in [4.69, 9.17) is 4.74 Å². The van der Waals surface area contributed by atoms with Crippen molar-refractivity contribution in [3.05, 3.63) is 24.3 Å². The van der Waals surface area contributed by atoms with Gasteiger partial charge in [-0.15, -0.1) is 0 Å². The van der Waals surface area contributed by atoms with Gasteiger partial charge >= 0.3 is 6.03 Å². The highest BCUT2D eigenvalue weighted by molar-refractivity contribution is 5.96. The molecule has 25 heavy (non-hydrogen) atoms. The molecule has 6 nitrogen and oxygen atoms in total. The summed E-state index contributed by atoms with van der Waals surface area (Å²) < 4.78 is 5.44. The zero-order valence-electron chi connectivity index (χ0n) is 14.9. The van der Waals surface area contributed by atoms with E-state index < -0.39 is 0 Å². The number of carbonyl (C=O) groups is 2. The number of likely N-dealkylation sites (tertiary alicyclic amines) is 1. The number of amides is 3. The lowest BCUT2D eigenvalue weighted by atomic mass is 10.2. The van der Waals surface area contributed by atoms with Crippen molar-refractivity contribution in [1.29, 1.82) is 0 Å². The SMILES string of the molecule is CCOc1ccc(N2CC(NC(=O)N3CCCCCC3)CC2=O)cc1. The zero-order valence-corrected chi connectivity index (χ0v) is 14.9. The lowest BCUT2D eigenvalue weighted by Crippen LogP contribution is -2.46. The maximum absolute atomic E-state index is 12.4. The minimum Gasteiger partial charge on any atom is -0.494 e. The molecular formula is C19H27N3O3. The number of nitrogens with zero attached hydrogens (tertiary/aromatic N) is 2. The molecule has 2 heterocycles. The minimum atomic E-state index is -0.130. The maximum Gasteiger partial charge on any atom is 0.317 e. The van der Waals surface area contributed by atoms with Crippen LogP contribution < -0.4 is 15.0 Å². The summed E-state index contributed by atoms with van der Waals surface area (Å²) in [6, 6.07) is 7.36. The van der Waals surface area contributed by atoms with Crippen LogP contribution >= 0.6 is 0 Å². The molecule has 0 aromatic heterocycles. The normalized spacial score (nSPS) is 21.2. The van der Waals surface area contributed by atoms with Crippen molar-refractivity contribution in [3.63, 3.8) is 0 Å². The molecule has 1 unspecified atom stereocenters. The summed E-state index contributed by atoms with van der Waals surface area (Å²) in [4.78, 5) is 28.4. The van der Waals surface area contributed by atoms with Crippen LogP contribution in [0.15, 0.2) is 24.3 Å². The van der Waals surface area contributed by atoms with Crippen LogP contribution in [0.5, 0.6) is 5.75 Å². The zero-order chi connectivity index (χ0) is 17.6. The Kier molecular flexibility index (Phi) is 5.79. The lowest BCUT2D eigenvalue weighted by molar-refractivity contribution is -0.117. The summed E-state index contributed by atoms with van der Waals surface area (Å²) in [5, 5.41) is 3.04. The smallest absolute Gasteiger partial charge is 0.317 e. The van der Waals surface area contributed by atoms with Crippen LogP contribution in [-0.2, 0) is 4.79 Å². The Bertz CT molecular complexity index is 594. The number of urea groups is 1. The van der Waals surface area contributed by atoms with Gasteiger partial charge < -0.3 is 19.9 Å². The van der Waals surface area contributed by atoms with Crippen LogP contribution in [-0.4, -0.2) is 49.1 Å². The van der Waals surface area contributed by atoms with Crippen LogP contribution in [0.2, 0.25) is 0 Å². The molecule has 3 amide bonds. The fourth-order valence-corrected chi connectivity index (χ4v) is 3.48. The van der Waals surface area contributed by atoms with Gasteiger partial charge in [0.15, 0.2) is 0 Å². The number of carbonyl (C=O) groups excluding carboxylic acids is 2. The van der Waals surface area contributed by atoms with E-state index in [9.17, 15) is 9.59 Å². The van der Waals surface area contributed by atoms with Gasteiger partial charge in [-0.25, -0.2) is 4.79 Å². The van der Waals surface area contributed by atoms with Gasteiger partial charge in [0, 0.05) is 31.7 Å². The maximum atomic E-state index is 12.4. The Labute approximate surface area is 149 Å². The van der Waals surface area contributed by atoms with Gasteiger partial charge in [0.2, 0.25) is 5.91 Å². The number of nitrogens with one attached hydrogen (secondary N) is 1. The Morgan fingerprint density at radius 2 is 1.84 bits per heavy atom. The van der Waals surface area contributed by atoms with E-state index in [1.807, 2.05) is 36.1 Å².